The monoisotopic (exact) mass is 456 g/mol. The summed E-state index contributed by atoms with van der Waals surface area (Å²) in [6.45, 7) is 2.22. The zero-order chi connectivity index (χ0) is 21.6. The van der Waals surface area contributed by atoms with Gasteiger partial charge in [-0.25, -0.2) is 13.4 Å². The molecule has 2 aliphatic rings. The number of nitrogens with one attached hydrogen (secondary N) is 1. The van der Waals surface area contributed by atoms with Crippen LogP contribution in [0.2, 0.25) is 0 Å². The van der Waals surface area contributed by atoms with Gasteiger partial charge in [0.2, 0.25) is 0 Å². The Morgan fingerprint density at radius 3 is 2.77 bits per heavy atom. The summed E-state index contributed by atoms with van der Waals surface area (Å²) < 4.78 is 33.1. The van der Waals surface area contributed by atoms with Crippen LogP contribution in [-0.4, -0.2) is 66.3 Å². The molecule has 1 fully saturated rings. The number of amides is 1. The van der Waals surface area contributed by atoms with Crippen molar-refractivity contribution in [2.45, 2.75) is 18.1 Å². The largest absolute Gasteiger partial charge is 0.375 e. The van der Waals surface area contributed by atoms with Crippen LogP contribution in [0.15, 0.2) is 29.3 Å². The van der Waals surface area contributed by atoms with Gasteiger partial charge in [0.25, 0.3) is 15.9 Å². The third-order valence-electron chi connectivity index (χ3n) is 5.58. The molecule has 0 saturated carbocycles. The van der Waals surface area contributed by atoms with E-state index in [1.807, 2.05) is 0 Å². The smallest absolute Gasteiger partial charge is 0.282 e. The maximum atomic E-state index is 13.1. The Balaban J connectivity index is 1.30. The number of hydrogen-bond acceptors (Lipinski definition) is 6. The molecule has 2 aromatic heterocycles. The van der Waals surface area contributed by atoms with E-state index in [2.05, 4.69) is 15.9 Å². The molecule has 1 amide bonds. The number of nitrogens with zero attached hydrogens (tertiary/aromatic N) is 3. The first-order chi connectivity index (χ1) is 15.0. The number of thiazole rings is 1. The molecule has 4 heterocycles. The highest BCUT2D eigenvalue weighted by Gasteiger charge is 2.32. The summed E-state index contributed by atoms with van der Waals surface area (Å²) in [5.74, 6) is 2.40. The van der Waals surface area contributed by atoms with Gasteiger partial charge in [0.15, 0.2) is 5.01 Å². The van der Waals surface area contributed by atoms with Crippen LogP contribution in [0.3, 0.4) is 0 Å². The Kier molecular flexibility index (Phi) is 5.06. The minimum atomic E-state index is -3.70. The standard InChI is InChI=1S/C21H20N4O4S2/c1-2-14-3-4-16-15(11-14)12-19(22-16)31(27,28)25-8-6-24(7-9-25)21(26)20-23-17-5-10-29-13-18(17)30-20/h1,3-4,11-12,22H,5-10,13H2. The summed E-state index contributed by atoms with van der Waals surface area (Å²) >= 11 is 1.37. The lowest BCUT2D eigenvalue weighted by atomic mass is 10.2. The molecule has 2 aliphatic heterocycles. The number of carbonyl (C=O) groups is 1. The van der Waals surface area contributed by atoms with E-state index in [0.717, 1.165) is 22.4 Å². The number of rotatable bonds is 3. The first-order valence-corrected chi connectivity index (χ1v) is 12.2. The second-order valence-corrected chi connectivity index (χ2v) is 10.5. The summed E-state index contributed by atoms with van der Waals surface area (Å²) in [4.78, 5) is 23.0. The van der Waals surface area contributed by atoms with E-state index < -0.39 is 10.0 Å². The highest BCUT2D eigenvalue weighted by atomic mass is 32.2. The van der Waals surface area contributed by atoms with Gasteiger partial charge in [-0.05, 0) is 24.3 Å². The van der Waals surface area contributed by atoms with Gasteiger partial charge in [0.05, 0.1) is 23.8 Å². The fraction of sp³-hybridized carbons (Fsp3) is 0.333. The lowest BCUT2D eigenvalue weighted by Gasteiger charge is -2.33. The van der Waals surface area contributed by atoms with E-state index in [0.29, 0.717) is 42.4 Å². The second-order valence-electron chi connectivity index (χ2n) is 7.47. The molecule has 1 aromatic carbocycles. The van der Waals surface area contributed by atoms with Crippen LogP contribution in [0, 0.1) is 12.3 Å². The van der Waals surface area contributed by atoms with Crippen molar-refractivity contribution in [2.75, 3.05) is 32.8 Å². The highest BCUT2D eigenvalue weighted by molar-refractivity contribution is 7.89. The number of sulfonamides is 1. The van der Waals surface area contributed by atoms with Crippen LogP contribution in [0.4, 0.5) is 0 Å². The average molecular weight is 457 g/mol. The number of hydrogen-bond donors (Lipinski definition) is 1. The van der Waals surface area contributed by atoms with Gasteiger partial charge in [0, 0.05) is 49.1 Å². The number of fused-ring (bicyclic) bond motifs is 2. The molecule has 1 saturated heterocycles. The molecule has 8 nitrogen and oxygen atoms in total. The number of carbonyl (C=O) groups excluding carboxylic acids is 1. The van der Waals surface area contributed by atoms with Crippen molar-refractivity contribution in [3.8, 4) is 12.3 Å². The molecule has 0 aliphatic carbocycles. The highest BCUT2D eigenvalue weighted by Crippen LogP contribution is 2.26. The normalized spacial score (nSPS) is 17.5. The lowest BCUT2D eigenvalue weighted by Crippen LogP contribution is -2.50. The summed E-state index contributed by atoms with van der Waals surface area (Å²) in [6, 6.07) is 6.92. The van der Waals surface area contributed by atoms with E-state index in [-0.39, 0.29) is 24.0 Å². The second kappa shape index (κ2) is 7.76. The topological polar surface area (TPSA) is 95.6 Å². The fourth-order valence-corrected chi connectivity index (χ4v) is 6.31. The number of aromatic amines is 1. The summed E-state index contributed by atoms with van der Waals surface area (Å²) in [5.41, 5.74) is 2.34. The zero-order valence-electron chi connectivity index (χ0n) is 16.6. The zero-order valence-corrected chi connectivity index (χ0v) is 18.3. The molecule has 160 valence electrons. The summed E-state index contributed by atoms with van der Waals surface area (Å²) in [7, 11) is -3.70. The van der Waals surface area contributed by atoms with Crippen molar-refractivity contribution in [3.05, 3.63) is 45.4 Å². The summed E-state index contributed by atoms with van der Waals surface area (Å²) in [5, 5.41) is 1.33. The van der Waals surface area contributed by atoms with Gasteiger partial charge in [-0.1, -0.05) is 5.92 Å². The first kappa shape index (κ1) is 20.2. The Bertz CT molecular complexity index is 1290. The fourth-order valence-electron chi connectivity index (χ4n) is 3.86. The van der Waals surface area contributed by atoms with Crippen LogP contribution >= 0.6 is 11.3 Å². The maximum absolute atomic E-state index is 13.1. The number of H-pyrrole nitrogens is 1. The predicted molar refractivity (Wildman–Crippen MR) is 116 cm³/mol. The first-order valence-electron chi connectivity index (χ1n) is 9.91. The van der Waals surface area contributed by atoms with Crippen molar-refractivity contribution in [3.63, 3.8) is 0 Å². The van der Waals surface area contributed by atoms with Crippen molar-refractivity contribution < 1.29 is 17.9 Å². The average Bonchev–Trinajstić information content (AvgIpc) is 3.42. The molecule has 3 aromatic rings. The quantitative estimate of drug-likeness (QED) is 0.607. The lowest BCUT2D eigenvalue weighted by molar-refractivity contribution is 0.0697. The third-order valence-corrected chi connectivity index (χ3v) is 8.46. The number of terminal acetylenes is 1. The number of piperazine rings is 1. The van der Waals surface area contributed by atoms with Gasteiger partial charge in [-0.15, -0.1) is 17.8 Å². The molecule has 1 N–H and O–H groups in total. The predicted octanol–water partition coefficient (Wildman–Crippen LogP) is 1.83. The van der Waals surface area contributed by atoms with E-state index in [1.54, 1.807) is 29.2 Å². The molecule has 0 unspecified atom stereocenters. The van der Waals surface area contributed by atoms with Crippen molar-refractivity contribution >= 4 is 38.2 Å². The Morgan fingerprint density at radius 2 is 2.03 bits per heavy atom. The van der Waals surface area contributed by atoms with Gasteiger partial charge >= 0.3 is 0 Å². The van der Waals surface area contributed by atoms with Crippen LogP contribution < -0.4 is 0 Å². The van der Waals surface area contributed by atoms with Crippen LogP contribution in [0.1, 0.15) is 25.9 Å². The van der Waals surface area contributed by atoms with E-state index in [4.69, 9.17) is 11.2 Å². The Hall–Kier alpha value is -2.71. The molecular weight excluding hydrogens is 436 g/mol. The molecule has 10 heteroatoms. The van der Waals surface area contributed by atoms with Crippen molar-refractivity contribution in [1.82, 2.24) is 19.2 Å². The minimum absolute atomic E-state index is 0.129. The molecule has 0 atom stereocenters. The van der Waals surface area contributed by atoms with E-state index in [1.165, 1.54) is 15.6 Å². The van der Waals surface area contributed by atoms with Crippen molar-refractivity contribution in [2.24, 2.45) is 0 Å². The molecule has 0 bridgehead atoms. The van der Waals surface area contributed by atoms with Gasteiger partial charge in [-0.2, -0.15) is 4.31 Å². The van der Waals surface area contributed by atoms with E-state index in [9.17, 15) is 13.2 Å². The molecule has 5 rings (SSSR count). The van der Waals surface area contributed by atoms with Gasteiger partial charge in [0.1, 0.15) is 5.03 Å². The minimum Gasteiger partial charge on any atom is -0.375 e. The number of ether oxygens (including phenoxy) is 1. The Morgan fingerprint density at radius 1 is 1.23 bits per heavy atom. The van der Waals surface area contributed by atoms with Gasteiger partial charge in [-0.3, -0.25) is 4.79 Å². The Labute approximate surface area is 183 Å². The number of benzene rings is 1. The van der Waals surface area contributed by atoms with Crippen molar-refractivity contribution in [1.29, 1.82) is 0 Å². The van der Waals surface area contributed by atoms with E-state index >= 15 is 0 Å². The molecule has 31 heavy (non-hydrogen) atoms. The van der Waals surface area contributed by atoms with Gasteiger partial charge < -0.3 is 14.6 Å². The SMILES string of the molecule is C#Cc1ccc2[nH]c(S(=O)(=O)N3CCN(C(=O)c4nc5c(s4)COCC5)CC3)cc2c1. The van der Waals surface area contributed by atoms with Crippen LogP contribution in [0.5, 0.6) is 0 Å². The summed E-state index contributed by atoms with van der Waals surface area (Å²) in [6.07, 6.45) is 6.15. The van der Waals surface area contributed by atoms with Crippen LogP contribution in [-0.2, 0) is 27.8 Å². The maximum Gasteiger partial charge on any atom is 0.282 e. The molecular formula is C21H20N4O4S2. The third kappa shape index (κ3) is 3.64. The number of aromatic nitrogens is 2. The molecule has 0 radical (unpaired) electrons. The van der Waals surface area contributed by atoms with Crippen LogP contribution in [0.25, 0.3) is 10.9 Å². The molecule has 0 spiro atoms.